The number of carbonyl (C=O) groups is 1. The minimum atomic E-state index is 0.363. The molecule has 0 aromatic heterocycles. The molecule has 3 nitrogen and oxygen atoms in total. The maximum absolute atomic E-state index is 11.7. The van der Waals surface area contributed by atoms with E-state index < -0.39 is 0 Å². The molecule has 0 bridgehead atoms. The van der Waals surface area contributed by atoms with Crippen molar-refractivity contribution in [2.24, 2.45) is 0 Å². The van der Waals surface area contributed by atoms with E-state index in [1.165, 1.54) is 38.8 Å². The highest BCUT2D eigenvalue weighted by atomic mass is 16.2. The highest BCUT2D eigenvalue weighted by molar-refractivity contribution is 5.76. The third-order valence-corrected chi connectivity index (χ3v) is 3.94. The molecule has 2 aliphatic rings. The predicted molar refractivity (Wildman–Crippen MR) is 65.3 cm³/mol. The summed E-state index contributed by atoms with van der Waals surface area (Å²) < 4.78 is 0. The molecule has 0 saturated carbocycles. The first kappa shape index (κ1) is 11.9. The second-order valence-electron chi connectivity index (χ2n) is 5.11. The van der Waals surface area contributed by atoms with E-state index in [2.05, 4.69) is 16.7 Å². The van der Waals surface area contributed by atoms with Gasteiger partial charge in [0.25, 0.3) is 0 Å². The van der Waals surface area contributed by atoms with Crippen molar-refractivity contribution in [2.45, 2.75) is 51.5 Å². The zero-order valence-corrected chi connectivity index (χ0v) is 10.5. The first-order valence-corrected chi connectivity index (χ1v) is 6.83. The zero-order chi connectivity index (χ0) is 11.4. The number of amides is 1. The fourth-order valence-corrected chi connectivity index (χ4v) is 2.96. The average molecular weight is 224 g/mol. The Balaban J connectivity index is 1.75. The summed E-state index contributed by atoms with van der Waals surface area (Å²) in [6.45, 7) is 6.62. The molecule has 1 amide bonds. The minimum absolute atomic E-state index is 0.363. The van der Waals surface area contributed by atoms with Crippen molar-refractivity contribution in [3.63, 3.8) is 0 Å². The van der Waals surface area contributed by atoms with Crippen LogP contribution in [-0.2, 0) is 4.79 Å². The summed E-state index contributed by atoms with van der Waals surface area (Å²) in [7, 11) is 0. The monoisotopic (exact) mass is 224 g/mol. The Morgan fingerprint density at radius 1 is 1.12 bits per heavy atom. The van der Waals surface area contributed by atoms with E-state index in [0.717, 1.165) is 32.0 Å². The number of hydrogen-bond donors (Lipinski definition) is 0. The lowest BCUT2D eigenvalue weighted by molar-refractivity contribution is -0.132. The van der Waals surface area contributed by atoms with Crippen molar-refractivity contribution in [3.8, 4) is 0 Å². The molecule has 0 radical (unpaired) electrons. The quantitative estimate of drug-likeness (QED) is 0.730. The SMILES string of the molecule is CCCC(=O)N1CCC(N2CCCC2)CC1. The second kappa shape index (κ2) is 5.67. The van der Waals surface area contributed by atoms with E-state index in [9.17, 15) is 4.79 Å². The number of piperidine rings is 1. The smallest absolute Gasteiger partial charge is 0.222 e. The lowest BCUT2D eigenvalue weighted by atomic mass is 10.0. The lowest BCUT2D eigenvalue weighted by Crippen LogP contribution is -2.45. The van der Waals surface area contributed by atoms with E-state index in [4.69, 9.17) is 0 Å². The molecule has 16 heavy (non-hydrogen) atoms. The van der Waals surface area contributed by atoms with Crippen molar-refractivity contribution in [1.82, 2.24) is 9.80 Å². The summed E-state index contributed by atoms with van der Waals surface area (Å²) in [6.07, 6.45) is 6.83. The van der Waals surface area contributed by atoms with Crippen molar-refractivity contribution in [2.75, 3.05) is 26.2 Å². The third kappa shape index (κ3) is 2.76. The maximum Gasteiger partial charge on any atom is 0.222 e. The van der Waals surface area contributed by atoms with Gasteiger partial charge in [0.05, 0.1) is 0 Å². The maximum atomic E-state index is 11.7. The van der Waals surface area contributed by atoms with Crippen LogP contribution in [-0.4, -0.2) is 47.9 Å². The summed E-state index contributed by atoms with van der Waals surface area (Å²) in [5.41, 5.74) is 0. The Hall–Kier alpha value is -0.570. The fourth-order valence-electron chi connectivity index (χ4n) is 2.96. The van der Waals surface area contributed by atoms with Crippen LogP contribution in [0.4, 0.5) is 0 Å². The number of rotatable bonds is 3. The molecule has 0 spiro atoms. The Morgan fingerprint density at radius 2 is 1.75 bits per heavy atom. The van der Waals surface area contributed by atoms with E-state index >= 15 is 0 Å². The van der Waals surface area contributed by atoms with Crippen molar-refractivity contribution in [1.29, 1.82) is 0 Å². The van der Waals surface area contributed by atoms with Gasteiger partial charge >= 0.3 is 0 Å². The molecule has 0 aromatic rings. The van der Waals surface area contributed by atoms with Gasteiger partial charge in [-0.15, -0.1) is 0 Å². The van der Waals surface area contributed by atoms with Gasteiger partial charge in [0, 0.05) is 25.6 Å². The van der Waals surface area contributed by atoms with E-state index in [0.29, 0.717) is 5.91 Å². The number of carbonyl (C=O) groups excluding carboxylic acids is 1. The summed E-state index contributed by atoms with van der Waals surface area (Å²) >= 11 is 0. The molecule has 0 unspecified atom stereocenters. The molecule has 2 saturated heterocycles. The highest BCUT2D eigenvalue weighted by Crippen LogP contribution is 2.21. The highest BCUT2D eigenvalue weighted by Gasteiger charge is 2.27. The molecular formula is C13H24N2O. The van der Waals surface area contributed by atoms with Crippen LogP contribution in [0.3, 0.4) is 0 Å². The van der Waals surface area contributed by atoms with E-state index in [1.54, 1.807) is 0 Å². The van der Waals surface area contributed by atoms with Crippen LogP contribution < -0.4 is 0 Å². The van der Waals surface area contributed by atoms with Crippen molar-refractivity contribution >= 4 is 5.91 Å². The Morgan fingerprint density at radius 3 is 2.31 bits per heavy atom. The molecule has 3 heteroatoms. The standard InChI is InChI=1S/C13H24N2O/c1-2-5-13(16)15-10-6-12(7-11-15)14-8-3-4-9-14/h12H,2-11H2,1H3. The topological polar surface area (TPSA) is 23.6 Å². The van der Waals surface area contributed by atoms with Crippen LogP contribution in [0, 0.1) is 0 Å². The number of likely N-dealkylation sites (tertiary alicyclic amines) is 2. The molecule has 0 atom stereocenters. The van der Waals surface area contributed by atoms with Gasteiger partial charge in [0.15, 0.2) is 0 Å². The van der Waals surface area contributed by atoms with Gasteiger partial charge in [0.1, 0.15) is 0 Å². The van der Waals surface area contributed by atoms with Gasteiger partial charge < -0.3 is 9.80 Å². The molecular weight excluding hydrogens is 200 g/mol. The molecule has 0 N–H and O–H groups in total. The van der Waals surface area contributed by atoms with Crippen LogP contribution in [0.15, 0.2) is 0 Å². The second-order valence-corrected chi connectivity index (χ2v) is 5.11. The van der Waals surface area contributed by atoms with Crippen LogP contribution in [0.25, 0.3) is 0 Å². The summed E-state index contributed by atoms with van der Waals surface area (Å²) in [5, 5.41) is 0. The van der Waals surface area contributed by atoms with Gasteiger partial charge in [-0.1, -0.05) is 6.92 Å². The summed E-state index contributed by atoms with van der Waals surface area (Å²) in [5.74, 6) is 0.363. The van der Waals surface area contributed by atoms with Crippen LogP contribution >= 0.6 is 0 Å². The Kier molecular flexibility index (Phi) is 4.22. The molecule has 2 rings (SSSR count). The first-order chi connectivity index (χ1) is 7.81. The van der Waals surface area contributed by atoms with E-state index in [-0.39, 0.29) is 0 Å². The van der Waals surface area contributed by atoms with Gasteiger partial charge in [-0.25, -0.2) is 0 Å². The average Bonchev–Trinajstić information content (AvgIpc) is 2.83. The molecule has 0 aliphatic carbocycles. The van der Waals surface area contributed by atoms with Crippen molar-refractivity contribution < 1.29 is 4.79 Å². The summed E-state index contributed by atoms with van der Waals surface area (Å²) in [6, 6.07) is 0.758. The lowest BCUT2D eigenvalue weighted by Gasteiger charge is -2.36. The third-order valence-electron chi connectivity index (χ3n) is 3.94. The fraction of sp³-hybridized carbons (Fsp3) is 0.923. The van der Waals surface area contributed by atoms with Crippen LogP contribution in [0.5, 0.6) is 0 Å². The molecule has 2 aliphatic heterocycles. The Bertz CT molecular complexity index is 228. The Labute approximate surface area is 98.8 Å². The van der Waals surface area contributed by atoms with Crippen LogP contribution in [0.1, 0.15) is 45.4 Å². The normalized spacial score (nSPS) is 23.9. The van der Waals surface area contributed by atoms with Gasteiger partial charge in [-0.2, -0.15) is 0 Å². The zero-order valence-electron chi connectivity index (χ0n) is 10.5. The van der Waals surface area contributed by atoms with Crippen molar-refractivity contribution in [3.05, 3.63) is 0 Å². The van der Waals surface area contributed by atoms with E-state index in [1.807, 2.05) is 0 Å². The number of hydrogen-bond acceptors (Lipinski definition) is 2. The minimum Gasteiger partial charge on any atom is -0.343 e. The van der Waals surface area contributed by atoms with Gasteiger partial charge in [-0.05, 0) is 45.2 Å². The largest absolute Gasteiger partial charge is 0.343 e. The van der Waals surface area contributed by atoms with Crippen LogP contribution in [0.2, 0.25) is 0 Å². The number of nitrogens with zero attached hydrogens (tertiary/aromatic N) is 2. The van der Waals surface area contributed by atoms with Gasteiger partial charge in [0.2, 0.25) is 5.91 Å². The molecule has 2 fully saturated rings. The molecule has 0 aromatic carbocycles. The molecule has 2 heterocycles. The first-order valence-electron chi connectivity index (χ1n) is 6.83. The predicted octanol–water partition coefficient (Wildman–Crippen LogP) is 1.87. The van der Waals surface area contributed by atoms with Gasteiger partial charge in [-0.3, -0.25) is 4.79 Å². The molecule has 92 valence electrons. The summed E-state index contributed by atoms with van der Waals surface area (Å²) in [4.78, 5) is 16.4.